The molecule has 2 rings (SSSR count). The number of nitrogens with one attached hydrogen (secondary N) is 1. The van der Waals surface area contributed by atoms with Gasteiger partial charge in [-0.25, -0.2) is 0 Å². The Bertz CT molecular complexity index is 428. The maximum absolute atomic E-state index is 4.67. The van der Waals surface area contributed by atoms with Gasteiger partial charge in [-0.05, 0) is 48.0 Å². The van der Waals surface area contributed by atoms with Gasteiger partial charge >= 0.3 is 0 Å². The highest BCUT2D eigenvalue weighted by atomic mass is 79.9. The highest BCUT2D eigenvalue weighted by Crippen LogP contribution is 2.27. The van der Waals surface area contributed by atoms with Gasteiger partial charge in [0.25, 0.3) is 0 Å². The Morgan fingerprint density at radius 3 is 2.75 bits per heavy atom. The number of rotatable bonds is 6. The third kappa shape index (κ3) is 3.64. The van der Waals surface area contributed by atoms with Crippen LogP contribution in [-0.2, 0) is 19.5 Å². The van der Waals surface area contributed by atoms with Crippen molar-refractivity contribution in [2.75, 3.05) is 0 Å². The van der Waals surface area contributed by atoms with Crippen LogP contribution in [0, 0.1) is 5.92 Å². The van der Waals surface area contributed by atoms with E-state index in [1.165, 1.54) is 48.0 Å². The second kappa shape index (κ2) is 7.60. The number of hydrogen-bond acceptors (Lipinski definition) is 2. The first-order chi connectivity index (χ1) is 9.69. The smallest absolute Gasteiger partial charge is 0.0767 e. The minimum Gasteiger partial charge on any atom is -0.308 e. The fourth-order valence-corrected chi connectivity index (χ4v) is 3.98. The molecule has 0 amide bonds. The SMILES string of the molecule is CCc1nn(CC)c(CNC2CCCC(CC)C2)c1Br. The molecule has 0 spiro atoms. The summed E-state index contributed by atoms with van der Waals surface area (Å²) in [4.78, 5) is 0. The summed E-state index contributed by atoms with van der Waals surface area (Å²) in [5, 5.41) is 8.44. The number of aromatic nitrogens is 2. The van der Waals surface area contributed by atoms with Gasteiger partial charge in [-0.1, -0.05) is 33.1 Å². The molecule has 20 heavy (non-hydrogen) atoms. The predicted octanol–water partition coefficient (Wildman–Crippen LogP) is 4.29. The van der Waals surface area contributed by atoms with E-state index in [4.69, 9.17) is 0 Å². The standard InChI is InChI=1S/C16H28BrN3/c1-4-12-8-7-9-13(10-12)18-11-15-16(17)14(5-2)19-20(15)6-3/h12-13,18H,4-11H2,1-3H3. The molecular formula is C16H28BrN3. The molecule has 0 aliphatic heterocycles. The Hall–Kier alpha value is -0.350. The second-order valence-electron chi connectivity index (χ2n) is 5.90. The monoisotopic (exact) mass is 341 g/mol. The average molecular weight is 342 g/mol. The van der Waals surface area contributed by atoms with Crippen molar-refractivity contribution in [1.82, 2.24) is 15.1 Å². The van der Waals surface area contributed by atoms with Crippen LogP contribution in [0.15, 0.2) is 4.47 Å². The summed E-state index contributed by atoms with van der Waals surface area (Å²) in [6.07, 6.45) is 7.79. The van der Waals surface area contributed by atoms with Gasteiger partial charge in [0.1, 0.15) is 0 Å². The van der Waals surface area contributed by atoms with Crippen LogP contribution in [0.3, 0.4) is 0 Å². The molecule has 1 N–H and O–H groups in total. The maximum Gasteiger partial charge on any atom is 0.0767 e. The molecule has 1 aromatic heterocycles. The van der Waals surface area contributed by atoms with E-state index in [0.29, 0.717) is 6.04 Å². The number of aryl methyl sites for hydroxylation is 2. The van der Waals surface area contributed by atoms with Gasteiger partial charge in [-0.2, -0.15) is 5.10 Å². The Kier molecular flexibility index (Phi) is 6.09. The van der Waals surface area contributed by atoms with Crippen LogP contribution in [0.5, 0.6) is 0 Å². The van der Waals surface area contributed by atoms with E-state index in [-0.39, 0.29) is 0 Å². The molecule has 114 valence electrons. The molecular weight excluding hydrogens is 314 g/mol. The van der Waals surface area contributed by atoms with E-state index in [0.717, 1.165) is 25.4 Å². The van der Waals surface area contributed by atoms with Crippen LogP contribution in [-0.4, -0.2) is 15.8 Å². The second-order valence-corrected chi connectivity index (χ2v) is 6.69. The number of nitrogens with zero attached hydrogens (tertiary/aromatic N) is 2. The van der Waals surface area contributed by atoms with Crippen molar-refractivity contribution in [2.24, 2.45) is 5.92 Å². The summed E-state index contributed by atoms with van der Waals surface area (Å²) in [6, 6.07) is 0.686. The van der Waals surface area contributed by atoms with Crippen LogP contribution in [0.25, 0.3) is 0 Å². The van der Waals surface area contributed by atoms with Gasteiger partial charge in [-0.15, -0.1) is 0 Å². The third-order valence-electron chi connectivity index (χ3n) is 4.61. The average Bonchev–Trinajstić information content (AvgIpc) is 2.81. The first kappa shape index (κ1) is 16.0. The summed E-state index contributed by atoms with van der Waals surface area (Å²) in [7, 11) is 0. The molecule has 1 aliphatic carbocycles. The summed E-state index contributed by atoms with van der Waals surface area (Å²) < 4.78 is 3.34. The van der Waals surface area contributed by atoms with E-state index < -0.39 is 0 Å². The summed E-state index contributed by atoms with van der Waals surface area (Å²) >= 11 is 3.73. The number of hydrogen-bond donors (Lipinski definition) is 1. The summed E-state index contributed by atoms with van der Waals surface area (Å²) in [5.74, 6) is 0.923. The third-order valence-corrected chi connectivity index (χ3v) is 5.53. The van der Waals surface area contributed by atoms with Crippen LogP contribution in [0.1, 0.15) is 64.3 Å². The van der Waals surface area contributed by atoms with Crippen LogP contribution >= 0.6 is 15.9 Å². The molecule has 0 radical (unpaired) electrons. The fraction of sp³-hybridized carbons (Fsp3) is 0.812. The Morgan fingerprint density at radius 2 is 2.10 bits per heavy atom. The zero-order valence-electron chi connectivity index (χ0n) is 13.1. The van der Waals surface area contributed by atoms with Crippen molar-refractivity contribution < 1.29 is 0 Å². The Balaban J connectivity index is 1.98. The lowest BCUT2D eigenvalue weighted by atomic mass is 9.84. The molecule has 4 heteroatoms. The Labute approximate surface area is 131 Å². The van der Waals surface area contributed by atoms with Crippen molar-refractivity contribution in [3.05, 3.63) is 15.9 Å². The highest BCUT2D eigenvalue weighted by Gasteiger charge is 2.21. The molecule has 1 saturated carbocycles. The van der Waals surface area contributed by atoms with Gasteiger partial charge in [0.05, 0.1) is 15.9 Å². The van der Waals surface area contributed by atoms with Gasteiger partial charge in [0.15, 0.2) is 0 Å². The normalized spacial score (nSPS) is 23.2. The summed E-state index contributed by atoms with van der Waals surface area (Å²) in [5.41, 5.74) is 2.49. The molecule has 1 fully saturated rings. The first-order valence-corrected chi connectivity index (χ1v) is 8.96. The van der Waals surface area contributed by atoms with Crippen molar-refractivity contribution in [3.8, 4) is 0 Å². The van der Waals surface area contributed by atoms with E-state index in [1.54, 1.807) is 0 Å². The molecule has 2 unspecified atom stereocenters. The molecule has 0 bridgehead atoms. The van der Waals surface area contributed by atoms with Gasteiger partial charge in [0, 0.05) is 19.1 Å². The lowest BCUT2D eigenvalue weighted by Crippen LogP contribution is -2.34. The van der Waals surface area contributed by atoms with Crippen LogP contribution < -0.4 is 5.32 Å². The van der Waals surface area contributed by atoms with Gasteiger partial charge in [-0.3, -0.25) is 4.68 Å². The predicted molar refractivity (Wildman–Crippen MR) is 87.9 cm³/mol. The zero-order valence-corrected chi connectivity index (χ0v) is 14.7. The maximum atomic E-state index is 4.67. The van der Waals surface area contributed by atoms with E-state index in [1.807, 2.05) is 0 Å². The van der Waals surface area contributed by atoms with Crippen molar-refractivity contribution >= 4 is 15.9 Å². The molecule has 2 atom stereocenters. The molecule has 1 heterocycles. The minimum absolute atomic E-state index is 0.686. The van der Waals surface area contributed by atoms with Crippen molar-refractivity contribution in [3.63, 3.8) is 0 Å². The topological polar surface area (TPSA) is 29.9 Å². The molecule has 1 aromatic rings. The summed E-state index contributed by atoms with van der Waals surface area (Å²) in [6.45, 7) is 8.52. The molecule has 0 aromatic carbocycles. The quantitative estimate of drug-likeness (QED) is 0.836. The number of halogens is 1. The molecule has 1 aliphatic rings. The van der Waals surface area contributed by atoms with Crippen LogP contribution in [0.4, 0.5) is 0 Å². The van der Waals surface area contributed by atoms with Crippen LogP contribution in [0.2, 0.25) is 0 Å². The van der Waals surface area contributed by atoms with Crippen molar-refractivity contribution in [1.29, 1.82) is 0 Å². The lowest BCUT2D eigenvalue weighted by molar-refractivity contribution is 0.276. The largest absolute Gasteiger partial charge is 0.308 e. The lowest BCUT2D eigenvalue weighted by Gasteiger charge is -2.29. The van der Waals surface area contributed by atoms with Gasteiger partial charge < -0.3 is 5.32 Å². The zero-order chi connectivity index (χ0) is 14.5. The first-order valence-electron chi connectivity index (χ1n) is 8.16. The van der Waals surface area contributed by atoms with Gasteiger partial charge in [0.2, 0.25) is 0 Å². The molecule has 0 saturated heterocycles. The molecule has 3 nitrogen and oxygen atoms in total. The van der Waals surface area contributed by atoms with E-state index >= 15 is 0 Å². The highest BCUT2D eigenvalue weighted by molar-refractivity contribution is 9.10. The van der Waals surface area contributed by atoms with Crippen molar-refractivity contribution in [2.45, 2.75) is 78.4 Å². The fourth-order valence-electron chi connectivity index (χ4n) is 3.27. The van der Waals surface area contributed by atoms with E-state index in [2.05, 4.69) is 51.8 Å². The Morgan fingerprint density at radius 1 is 1.30 bits per heavy atom. The minimum atomic E-state index is 0.686. The van der Waals surface area contributed by atoms with E-state index in [9.17, 15) is 0 Å².